The molecule has 3 nitrogen and oxygen atoms in total. The predicted molar refractivity (Wildman–Crippen MR) is 239 cm³/mol. The predicted octanol–water partition coefficient (Wildman–Crippen LogP) is 13.8. The number of aromatic nitrogens is 2. The van der Waals surface area contributed by atoms with Crippen LogP contribution >= 0.6 is 0 Å². The Balaban J connectivity index is 1.14. The van der Waals surface area contributed by atoms with Crippen LogP contribution in [0.4, 0.5) is 11.4 Å². The van der Waals surface area contributed by atoms with Gasteiger partial charge in [-0.15, -0.1) is 6.42 Å². The van der Waals surface area contributed by atoms with Crippen molar-refractivity contribution >= 4 is 65.8 Å². The number of allylic oxidation sites excluding steroid dienone is 1. The molecule has 0 saturated heterocycles. The Morgan fingerprint density at radius 2 is 1.16 bits per heavy atom. The zero-order chi connectivity index (χ0) is 37.6. The minimum Gasteiger partial charge on any atom is -0.334 e. The Kier molecular flexibility index (Phi) is 8.24. The van der Waals surface area contributed by atoms with Crippen LogP contribution in [0.5, 0.6) is 0 Å². The molecule has 1 atom stereocenters. The van der Waals surface area contributed by atoms with Crippen LogP contribution < -0.4 is 4.90 Å². The van der Waals surface area contributed by atoms with E-state index in [1.165, 1.54) is 65.5 Å². The summed E-state index contributed by atoms with van der Waals surface area (Å²) < 4.78 is 4.80. The minimum absolute atomic E-state index is 0.0874. The molecular weight excluding hydrogens is 679 g/mol. The topological polar surface area (TPSA) is 13.1 Å². The van der Waals surface area contributed by atoms with Gasteiger partial charge < -0.3 is 14.0 Å². The Labute approximate surface area is 327 Å². The van der Waals surface area contributed by atoms with Gasteiger partial charge in [-0.25, -0.2) is 0 Å². The second-order valence-corrected chi connectivity index (χ2v) is 14.4. The molecule has 266 valence electrons. The number of terminal acetylenes is 1. The van der Waals surface area contributed by atoms with Crippen LogP contribution in [-0.2, 0) is 0 Å². The number of anilines is 2. The van der Waals surface area contributed by atoms with Crippen molar-refractivity contribution in [3.63, 3.8) is 0 Å². The SMILES string of the molecule is C#C/C=C\C(CC)N(c1ccc(-n2c3ccccc3c3ccc(-c4cccc5c4c4ccccc4n5-c4ccccc4)cc32)cc1)c1ccc2ccccc2c1. The number of para-hydroxylation sites is 3. The smallest absolute Gasteiger partial charge is 0.0547 e. The van der Waals surface area contributed by atoms with E-state index in [1.807, 2.05) is 6.08 Å². The highest BCUT2D eigenvalue weighted by Crippen LogP contribution is 2.41. The Bertz CT molecular complexity index is 3140. The van der Waals surface area contributed by atoms with Crippen LogP contribution in [0.1, 0.15) is 13.3 Å². The van der Waals surface area contributed by atoms with Gasteiger partial charge in [-0.1, -0.05) is 128 Å². The lowest BCUT2D eigenvalue weighted by atomic mass is 9.98. The second-order valence-electron chi connectivity index (χ2n) is 14.4. The molecule has 0 aliphatic heterocycles. The minimum atomic E-state index is 0.0874. The average molecular weight is 718 g/mol. The van der Waals surface area contributed by atoms with Crippen molar-refractivity contribution < 1.29 is 0 Å². The van der Waals surface area contributed by atoms with E-state index in [9.17, 15) is 0 Å². The number of fused-ring (bicyclic) bond motifs is 7. The second kappa shape index (κ2) is 13.9. The molecule has 10 rings (SSSR count). The van der Waals surface area contributed by atoms with Crippen molar-refractivity contribution in [2.75, 3.05) is 4.90 Å². The van der Waals surface area contributed by atoms with Gasteiger partial charge in [0.05, 0.1) is 28.1 Å². The van der Waals surface area contributed by atoms with Crippen molar-refractivity contribution in [3.05, 3.63) is 194 Å². The van der Waals surface area contributed by atoms with Gasteiger partial charge in [-0.3, -0.25) is 0 Å². The van der Waals surface area contributed by atoms with Gasteiger partial charge in [-0.2, -0.15) is 0 Å². The van der Waals surface area contributed by atoms with Gasteiger partial charge in [0.2, 0.25) is 0 Å². The molecule has 0 spiro atoms. The molecule has 1 unspecified atom stereocenters. The van der Waals surface area contributed by atoms with E-state index in [4.69, 9.17) is 6.42 Å². The normalized spacial score (nSPS) is 12.3. The van der Waals surface area contributed by atoms with Crippen molar-refractivity contribution in [2.24, 2.45) is 0 Å². The summed E-state index contributed by atoms with van der Waals surface area (Å²) in [5, 5.41) is 7.41. The molecule has 0 amide bonds. The number of hydrogen-bond donors (Lipinski definition) is 0. The molecule has 0 aliphatic rings. The van der Waals surface area contributed by atoms with E-state index >= 15 is 0 Å². The number of rotatable bonds is 8. The Morgan fingerprint density at radius 3 is 1.95 bits per heavy atom. The zero-order valence-corrected chi connectivity index (χ0v) is 31.2. The number of benzene rings is 8. The highest BCUT2D eigenvalue weighted by Gasteiger charge is 2.21. The fraction of sp³-hybridized carbons (Fsp3) is 0.0566. The van der Waals surface area contributed by atoms with Gasteiger partial charge in [0.25, 0.3) is 0 Å². The third-order valence-corrected chi connectivity index (χ3v) is 11.3. The van der Waals surface area contributed by atoms with E-state index in [0.717, 1.165) is 29.2 Å². The molecule has 8 aromatic carbocycles. The highest BCUT2D eigenvalue weighted by atomic mass is 15.2. The maximum absolute atomic E-state index is 5.71. The lowest BCUT2D eigenvalue weighted by Crippen LogP contribution is -2.28. The first-order valence-electron chi connectivity index (χ1n) is 19.3. The fourth-order valence-corrected chi connectivity index (χ4v) is 8.72. The van der Waals surface area contributed by atoms with Crippen molar-refractivity contribution in [3.8, 4) is 34.8 Å². The summed E-state index contributed by atoms with van der Waals surface area (Å²) in [6.07, 6.45) is 10.6. The van der Waals surface area contributed by atoms with Gasteiger partial charge in [0.15, 0.2) is 0 Å². The summed E-state index contributed by atoms with van der Waals surface area (Å²) in [6, 6.07) is 66.2. The Morgan fingerprint density at radius 1 is 0.536 bits per heavy atom. The van der Waals surface area contributed by atoms with Gasteiger partial charge in [0, 0.05) is 44.3 Å². The van der Waals surface area contributed by atoms with E-state index in [0.29, 0.717) is 0 Å². The van der Waals surface area contributed by atoms with Crippen molar-refractivity contribution in [1.29, 1.82) is 0 Å². The molecule has 56 heavy (non-hydrogen) atoms. The molecule has 0 saturated carbocycles. The van der Waals surface area contributed by atoms with Crippen molar-refractivity contribution in [1.82, 2.24) is 9.13 Å². The van der Waals surface area contributed by atoms with Crippen LogP contribution in [0.25, 0.3) is 76.9 Å². The van der Waals surface area contributed by atoms with E-state index in [2.05, 4.69) is 215 Å². The van der Waals surface area contributed by atoms with Crippen LogP contribution in [-0.4, -0.2) is 15.2 Å². The number of hydrogen-bond acceptors (Lipinski definition) is 1. The molecule has 10 aromatic rings. The third kappa shape index (κ3) is 5.46. The summed E-state index contributed by atoms with van der Waals surface area (Å²) >= 11 is 0. The molecule has 0 N–H and O–H groups in total. The van der Waals surface area contributed by atoms with E-state index < -0.39 is 0 Å². The molecule has 0 fully saturated rings. The molecular formula is C53H39N3. The zero-order valence-electron chi connectivity index (χ0n) is 31.2. The lowest BCUT2D eigenvalue weighted by molar-refractivity contribution is 0.750. The monoisotopic (exact) mass is 717 g/mol. The van der Waals surface area contributed by atoms with Gasteiger partial charge in [0.1, 0.15) is 0 Å². The maximum atomic E-state index is 5.71. The molecule has 2 heterocycles. The Hall–Kier alpha value is -7.28. The van der Waals surface area contributed by atoms with E-state index in [-0.39, 0.29) is 6.04 Å². The number of nitrogens with zero attached hydrogens (tertiary/aromatic N) is 3. The molecule has 3 heteroatoms. The first kappa shape index (κ1) is 33.3. The maximum Gasteiger partial charge on any atom is 0.0547 e. The summed E-state index contributed by atoms with van der Waals surface area (Å²) in [5.74, 6) is 2.71. The summed E-state index contributed by atoms with van der Waals surface area (Å²) in [6.45, 7) is 2.21. The highest BCUT2D eigenvalue weighted by molar-refractivity contribution is 6.17. The van der Waals surface area contributed by atoms with Crippen LogP contribution in [0.3, 0.4) is 0 Å². The van der Waals surface area contributed by atoms with Crippen molar-refractivity contribution in [2.45, 2.75) is 19.4 Å². The third-order valence-electron chi connectivity index (χ3n) is 11.3. The van der Waals surface area contributed by atoms with Crippen LogP contribution in [0.15, 0.2) is 194 Å². The summed E-state index contributed by atoms with van der Waals surface area (Å²) in [5.41, 5.74) is 11.7. The largest absolute Gasteiger partial charge is 0.334 e. The summed E-state index contributed by atoms with van der Waals surface area (Å²) in [7, 11) is 0. The molecule has 2 aromatic heterocycles. The first-order valence-corrected chi connectivity index (χ1v) is 19.3. The first-order chi connectivity index (χ1) is 27.7. The van der Waals surface area contributed by atoms with Crippen LogP contribution in [0.2, 0.25) is 0 Å². The quantitative estimate of drug-likeness (QED) is 0.143. The fourth-order valence-electron chi connectivity index (χ4n) is 8.72. The summed E-state index contributed by atoms with van der Waals surface area (Å²) in [4.78, 5) is 2.40. The van der Waals surface area contributed by atoms with Crippen LogP contribution in [0, 0.1) is 12.3 Å². The van der Waals surface area contributed by atoms with E-state index in [1.54, 1.807) is 0 Å². The standard InChI is InChI=1S/C53H39N3/c1-3-5-18-40(4-2)54(44-29-27-37-16-9-10-17-38(37)35-44)42-30-32-43(33-31-42)56-49-24-13-11-21-46(49)47-34-28-39(36-52(47)56)45-23-15-26-51-53(45)48-22-12-14-25-50(48)55(51)41-19-7-6-8-20-41/h1,5-36,40H,4H2,2H3/b18-5-. The average Bonchev–Trinajstić information content (AvgIpc) is 3.78. The molecule has 0 radical (unpaired) electrons. The van der Waals surface area contributed by atoms with Gasteiger partial charge >= 0.3 is 0 Å². The van der Waals surface area contributed by atoms with Gasteiger partial charge in [-0.05, 0) is 107 Å². The molecule has 0 aliphatic carbocycles. The molecule has 0 bridgehead atoms. The lowest BCUT2D eigenvalue weighted by Gasteiger charge is -2.32.